The lowest BCUT2D eigenvalue weighted by Gasteiger charge is -2.31. The lowest BCUT2D eigenvalue weighted by molar-refractivity contribution is -0.123. The molecule has 0 saturated carbocycles. The van der Waals surface area contributed by atoms with E-state index in [-0.39, 0.29) is 17.0 Å². The minimum atomic E-state index is 0.00454. The standard InChI is InChI=1S/C14H22O2S/c1-5-7-10(15)13-11(16)8-14(3,4)9-12(13)17-6-2/h5-9H2,1-4H3. The molecule has 2 nitrogen and oxygen atoms in total. The minimum absolute atomic E-state index is 0.00454. The molecule has 96 valence electrons. The predicted octanol–water partition coefficient (Wildman–Crippen LogP) is 3.75. The first kappa shape index (κ1) is 14.5. The SMILES string of the molecule is CCCC(=O)C1=C(SCC)CC(C)(C)CC1=O. The van der Waals surface area contributed by atoms with Gasteiger partial charge in [-0.25, -0.2) is 0 Å². The molecule has 0 aromatic rings. The van der Waals surface area contributed by atoms with Crippen molar-refractivity contribution >= 4 is 23.3 Å². The Morgan fingerprint density at radius 1 is 1.29 bits per heavy atom. The average molecular weight is 254 g/mol. The second-order valence-electron chi connectivity index (χ2n) is 5.35. The average Bonchev–Trinajstić information content (AvgIpc) is 2.15. The maximum absolute atomic E-state index is 12.1. The summed E-state index contributed by atoms with van der Waals surface area (Å²) >= 11 is 1.66. The minimum Gasteiger partial charge on any atom is -0.294 e. The van der Waals surface area contributed by atoms with Crippen LogP contribution in [0.4, 0.5) is 0 Å². The normalized spacial score (nSPS) is 19.6. The van der Waals surface area contributed by atoms with Crippen LogP contribution in [0.5, 0.6) is 0 Å². The zero-order valence-corrected chi connectivity index (χ0v) is 12.1. The van der Waals surface area contributed by atoms with Crippen LogP contribution in [0.15, 0.2) is 10.5 Å². The van der Waals surface area contributed by atoms with Crippen LogP contribution in [0.2, 0.25) is 0 Å². The van der Waals surface area contributed by atoms with Gasteiger partial charge in [-0.15, -0.1) is 11.8 Å². The number of Topliss-reactive ketones (excluding diaryl/α,β-unsaturated/α-hetero) is 2. The first-order valence-corrected chi connectivity index (χ1v) is 7.32. The third kappa shape index (κ3) is 3.70. The van der Waals surface area contributed by atoms with Crippen molar-refractivity contribution in [3.8, 4) is 0 Å². The molecule has 0 aliphatic heterocycles. The van der Waals surface area contributed by atoms with E-state index in [1.54, 1.807) is 11.8 Å². The lowest BCUT2D eigenvalue weighted by atomic mass is 9.76. The predicted molar refractivity (Wildman–Crippen MR) is 73.1 cm³/mol. The van der Waals surface area contributed by atoms with E-state index in [1.807, 2.05) is 6.92 Å². The van der Waals surface area contributed by atoms with Crippen LogP contribution in [0.1, 0.15) is 53.4 Å². The fourth-order valence-electron chi connectivity index (χ4n) is 2.22. The summed E-state index contributed by atoms with van der Waals surface area (Å²) in [5.41, 5.74) is 0.517. The van der Waals surface area contributed by atoms with Crippen LogP contribution < -0.4 is 0 Å². The third-order valence-electron chi connectivity index (χ3n) is 2.91. The molecule has 0 atom stereocenters. The number of hydrogen-bond acceptors (Lipinski definition) is 3. The second kappa shape index (κ2) is 5.85. The van der Waals surface area contributed by atoms with Gasteiger partial charge in [-0.2, -0.15) is 0 Å². The van der Waals surface area contributed by atoms with Gasteiger partial charge >= 0.3 is 0 Å². The van der Waals surface area contributed by atoms with E-state index >= 15 is 0 Å². The molecule has 0 N–H and O–H groups in total. The molecule has 0 spiro atoms. The third-order valence-corrected chi connectivity index (χ3v) is 3.90. The van der Waals surface area contributed by atoms with Gasteiger partial charge in [0, 0.05) is 12.8 Å². The molecule has 3 heteroatoms. The van der Waals surface area contributed by atoms with Crippen LogP contribution in [-0.2, 0) is 9.59 Å². The van der Waals surface area contributed by atoms with Gasteiger partial charge in [-0.05, 0) is 28.9 Å². The summed E-state index contributed by atoms with van der Waals surface area (Å²) in [7, 11) is 0. The van der Waals surface area contributed by atoms with Gasteiger partial charge in [0.1, 0.15) is 0 Å². The summed E-state index contributed by atoms with van der Waals surface area (Å²) in [4.78, 5) is 25.2. The van der Waals surface area contributed by atoms with Crippen molar-refractivity contribution in [2.24, 2.45) is 5.41 Å². The first-order valence-electron chi connectivity index (χ1n) is 6.33. The van der Waals surface area contributed by atoms with Gasteiger partial charge in [0.15, 0.2) is 11.6 Å². The Morgan fingerprint density at radius 2 is 1.94 bits per heavy atom. The Hall–Kier alpha value is -0.570. The number of rotatable bonds is 5. The maximum Gasteiger partial charge on any atom is 0.167 e. The van der Waals surface area contributed by atoms with Crippen molar-refractivity contribution < 1.29 is 9.59 Å². The van der Waals surface area contributed by atoms with E-state index in [1.165, 1.54) is 0 Å². The lowest BCUT2D eigenvalue weighted by Crippen LogP contribution is -2.28. The molecule has 0 amide bonds. The number of ketones is 2. The van der Waals surface area contributed by atoms with Gasteiger partial charge in [0.25, 0.3) is 0 Å². The van der Waals surface area contributed by atoms with E-state index in [4.69, 9.17) is 0 Å². The van der Waals surface area contributed by atoms with Gasteiger partial charge < -0.3 is 0 Å². The van der Waals surface area contributed by atoms with Crippen molar-refractivity contribution in [2.45, 2.75) is 53.4 Å². The molecule has 0 bridgehead atoms. The smallest absolute Gasteiger partial charge is 0.167 e. The van der Waals surface area contributed by atoms with Crippen LogP contribution in [0.25, 0.3) is 0 Å². The van der Waals surface area contributed by atoms with Crippen LogP contribution in [0.3, 0.4) is 0 Å². The Morgan fingerprint density at radius 3 is 2.47 bits per heavy atom. The summed E-state index contributed by atoms with van der Waals surface area (Å²) in [5, 5.41) is 0. The Kier molecular flexibility index (Phi) is 4.99. The zero-order chi connectivity index (χ0) is 13.1. The number of thioether (sulfide) groups is 1. The molecular weight excluding hydrogens is 232 g/mol. The maximum atomic E-state index is 12.1. The van der Waals surface area contributed by atoms with E-state index in [9.17, 15) is 9.59 Å². The van der Waals surface area contributed by atoms with Gasteiger partial charge in [-0.3, -0.25) is 9.59 Å². The zero-order valence-electron chi connectivity index (χ0n) is 11.3. The largest absolute Gasteiger partial charge is 0.294 e. The van der Waals surface area contributed by atoms with E-state index in [0.29, 0.717) is 18.4 Å². The number of allylic oxidation sites excluding steroid dienone is 2. The summed E-state index contributed by atoms with van der Waals surface area (Å²) in [6.45, 7) is 8.23. The molecule has 0 radical (unpaired) electrons. The van der Waals surface area contributed by atoms with Gasteiger partial charge in [0.2, 0.25) is 0 Å². The Bertz CT molecular complexity index is 353. The second-order valence-corrected chi connectivity index (χ2v) is 6.70. The number of hydrogen-bond donors (Lipinski definition) is 0. The number of carbonyl (C=O) groups is 2. The topological polar surface area (TPSA) is 34.1 Å². The molecule has 0 heterocycles. The molecule has 0 unspecified atom stereocenters. The highest BCUT2D eigenvalue weighted by molar-refractivity contribution is 8.03. The van der Waals surface area contributed by atoms with Crippen molar-refractivity contribution in [2.75, 3.05) is 5.75 Å². The first-order chi connectivity index (χ1) is 7.91. The highest BCUT2D eigenvalue weighted by atomic mass is 32.2. The van der Waals surface area contributed by atoms with Crippen molar-refractivity contribution in [3.63, 3.8) is 0 Å². The molecule has 1 rings (SSSR count). The summed E-state index contributed by atoms with van der Waals surface area (Å²) in [5.74, 6) is 1.02. The van der Waals surface area contributed by atoms with E-state index < -0.39 is 0 Å². The van der Waals surface area contributed by atoms with Gasteiger partial charge in [-0.1, -0.05) is 27.7 Å². The fourth-order valence-corrected chi connectivity index (χ4v) is 3.44. The summed E-state index contributed by atoms with van der Waals surface area (Å²) < 4.78 is 0. The van der Waals surface area contributed by atoms with Gasteiger partial charge in [0.05, 0.1) is 5.57 Å². The van der Waals surface area contributed by atoms with Crippen molar-refractivity contribution in [3.05, 3.63) is 10.5 Å². The quantitative estimate of drug-likeness (QED) is 0.701. The Balaban J connectivity index is 3.07. The van der Waals surface area contributed by atoms with Crippen LogP contribution >= 0.6 is 11.8 Å². The summed E-state index contributed by atoms with van der Waals surface area (Å²) in [6, 6.07) is 0. The van der Waals surface area contributed by atoms with Crippen LogP contribution in [-0.4, -0.2) is 17.3 Å². The molecule has 17 heavy (non-hydrogen) atoms. The highest BCUT2D eigenvalue weighted by Gasteiger charge is 2.35. The molecule has 0 aromatic heterocycles. The molecular formula is C14H22O2S. The van der Waals surface area contributed by atoms with E-state index in [2.05, 4.69) is 20.8 Å². The molecule has 1 aliphatic rings. The Labute approximate surface area is 108 Å². The molecule has 0 fully saturated rings. The monoisotopic (exact) mass is 254 g/mol. The van der Waals surface area contributed by atoms with Crippen molar-refractivity contribution in [1.82, 2.24) is 0 Å². The summed E-state index contributed by atoms with van der Waals surface area (Å²) in [6.07, 6.45) is 2.67. The fraction of sp³-hybridized carbons (Fsp3) is 0.714. The van der Waals surface area contributed by atoms with E-state index in [0.717, 1.165) is 23.5 Å². The van der Waals surface area contributed by atoms with Crippen molar-refractivity contribution in [1.29, 1.82) is 0 Å². The highest BCUT2D eigenvalue weighted by Crippen LogP contribution is 2.41. The number of carbonyl (C=O) groups excluding carboxylic acids is 2. The molecule has 1 aliphatic carbocycles. The van der Waals surface area contributed by atoms with Crippen LogP contribution in [0, 0.1) is 5.41 Å². The molecule has 0 aromatic carbocycles. The molecule has 0 saturated heterocycles.